The van der Waals surface area contributed by atoms with Gasteiger partial charge in [0.15, 0.2) is 0 Å². The Hall–Kier alpha value is -0.120. The highest BCUT2D eigenvalue weighted by Gasteiger charge is 2.15. The highest BCUT2D eigenvalue weighted by molar-refractivity contribution is 4.70. The Labute approximate surface area is 88.4 Å². The van der Waals surface area contributed by atoms with Gasteiger partial charge in [0.2, 0.25) is 0 Å². The topological polar surface area (TPSA) is 21.7 Å². The van der Waals surface area contributed by atoms with Gasteiger partial charge in [-0.25, -0.2) is 0 Å². The molecule has 0 heterocycles. The van der Waals surface area contributed by atoms with E-state index in [1.807, 2.05) is 0 Å². The van der Waals surface area contributed by atoms with E-state index in [0.29, 0.717) is 12.1 Å². The van der Waals surface area contributed by atoms with Crippen molar-refractivity contribution in [3.05, 3.63) is 0 Å². The zero-order valence-corrected chi connectivity index (χ0v) is 10.2. The van der Waals surface area contributed by atoms with E-state index in [2.05, 4.69) is 25.7 Å². The standard InChI is InChI=1S/C11H25NO2/c1-10(2)12(7-6-8-13-4)11(3)9-14-5/h10-11H,6-9H2,1-5H3. The predicted molar refractivity (Wildman–Crippen MR) is 59.7 cm³/mol. The van der Waals surface area contributed by atoms with Gasteiger partial charge in [-0.2, -0.15) is 0 Å². The van der Waals surface area contributed by atoms with Crippen molar-refractivity contribution in [1.29, 1.82) is 0 Å². The first-order valence-electron chi connectivity index (χ1n) is 5.37. The molecule has 0 spiro atoms. The van der Waals surface area contributed by atoms with Crippen LogP contribution in [0.3, 0.4) is 0 Å². The first-order valence-corrected chi connectivity index (χ1v) is 5.37. The Morgan fingerprint density at radius 3 is 2.14 bits per heavy atom. The van der Waals surface area contributed by atoms with E-state index in [-0.39, 0.29) is 0 Å². The van der Waals surface area contributed by atoms with Crippen molar-refractivity contribution in [2.45, 2.75) is 39.3 Å². The van der Waals surface area contributed by atoms with Gasteiger partial charge in [-0.15, -0.1) is 0 Å². The second-order valence-corrected chi connectivity index (χ2v) is 3.98. The van der Waals surface area contributed by atoms with Crippen LogP contribution in [-0.4, -0.2) is 51.0 Å². The van der Waals surface area contributed by atoms with Crippen molar-refractivity contribution in [3.63, 3.8) is 0 Å². The maximum Gasteiger partial charge on any atom is 0.0615 e. The highest BCUT2D eigenvalue weighted by Crippen LogP contribution is 2.06. The zero-order chi connectivity index (χ0) is 11.0. The van der Waals surface area contributed by atoms with Crippen molar-refractivity contribution in [2.75, 3.05) is 34.0 Å². The minimum absolute atomic E-state index is 0.483. The van der Waals surface area contributed by atoms with E-state index in [4.69, 9.17) is 9.47 Å². The summed E-state index contributed by atoms with van der Waals surface area (Å²) in [6, 6.07) is 1.05. The van der Waals surface area contributed by atoms with Gasteiger partial charge in [0.1, 0.15) is 0 Å². The normalized spacial score (nSPS) is 13.9. The molecule has 0 aliphatic carbocycles. The summed E-state index contributed by atoms with van der Waals surface area (Å²) in [6.07, 6.45) is 1.09. The third kappa shape index (κ3) is 5.58. The molecule has 3 heteroatoms. The third-order valence-electron chi connectivity index (χ3n) is 2.40. The predicted octanol–water partition coefficient (Wildman–Crippen LogP) is 1.77. The molecule has 0 saturated carbocycles. The lowest BCUT2D eigenvalue weighted by atomic mass is 10.2. The molecule has 1 atom stereocenters. The molecule has 0 rings (SSSR count). The molecule has 0 aromatic heterocycles. The first kappa shape index (κ1) is 13.9. The van der Waals surface area contributed by atoms with Crippen LogP contribution in [0.5, 0.6) is 0 Å². The Balaban J connectivity index is 3.88. The van der Waals surface area contributed by atoms with Crippen LogP contribution in [0.15, 0.2) is 0 Å². The van der Waals surface area contributed by atoms with Gasteiger partial charge >= 0.3 is 0 Å². The fraction of sp³-hybridized carbons (Fsp3) is 1.00. The Morgan fingerprint density at radius 2 is 1.71 bits per heavy atom. The molecule has 0 fully saturated rings. The van der Waals surface area contributed by atoms with E-state index >= 15 is 0 Å². The summed E-state index contributed by atoms with van der Waals surface area (Å²) in [5.41, 5.74) is 0. The van der Waals surface area contributed by atoms with Gasteiger partial charge < -0.3 is 9.47 Å². The summed E-state index contributed by atoms with van der Waals surface area (Å²) in [5.74, 6) is 0. The number of hydrogen-bond acceptors (Lipinski definition) is 3. The van der Waals surface area contributed by atoms with Crippen LogP contribution in [0.4, 0.5) is 0 Å². The molecule has 3 nitrogen and oxygen atoms in total. The molecule has 0 N–H and O–H groups in total. The minimum Gasteiger partial charge on any atom is -0.385 e. The zero-order valence-electron chi connectivity index (χ0n) is 10.2. The Morgan fingerprint density at radius 1 is 1.07 bits per heavy atom. The van der Waals surface area contributed by atoms with E-state index < -0.39 is 0 Å². The number of rotatable bonds is 8. The fourth-order valence-corrected chi connectivity index (χ4v) is 1.72. The maximum atomic E-state index is 5.17. The first-order chi connectivity index (χ1) is 6.63. The van der Waals surface area contributed by atoms with Crippen LogP contribution in [0, 0.1) is 0 Å². The minimum atomic E-state index is 0.483. The Kier molecular flexibility index (Phi) is 8.14. The van der Waals surface area contributed by atoms with E-state index in [0.717, 1.165) is 26.2 Å². The second kappa shape index (κ2) is 8.21. The van der Waals surface area contributed by atoms with Crippen molar-refractivity contribution < 1.29 is 9.47 Å². The largest absolute Gasteiger partial charge is 0.385 e. The molecule has 0 radical (unpaired) electrons. The quantitative estimate of drug-likeness (QED) is 0.561. The molecule has 0 aromatic carbocycles. The van der Waals surface area contributed by atoms with Crippen LogP contribution in [-0.2, 0) is 9.47 Å². The lowest BCUT2D eigenvalue weighted by Crippen LogP contribution is -2.42. The highest BCUT2D eigenvalue weighted by atomic mass is 16.5. The molecule has 0 bridgehead atoms. The van der Waals surface area contributed by atoms with Crippen molar-refractivity contribution in [2.24, 2.45) is 0 Å². The van der Waals surface area contributed by atoms with Crippen molar-refractivity contribution in [3.8, 4) is 0 Å². The van der Waals surface area contributed by atoms with E-state index in [1.165, 1.54) is 0 Å². The number of methoxy groups -OCH3 is 2. The van der Waals surface area contributed by atoms with Crippen LogP contribution < -0.4 is 0 Å². The summed E-state index contributed by atoms with van der Waals surface area (Å²) in [7, 11) is 3.50. The Bertz CT molecular complexity index is 128. The van der Waals surface area contributed by atoms with Crippen LogP contribution >= 0.6 is 0 Å². The van der Waals surface area contributed by atoms with Gasteiger partial charge in [-0.1, -0.05) is 0 Å². The van der Waals surface area contributed by atoms with Crippen molar-refractivity contribution >= 4 is 0 Å². The van der Waals surface area contributed by atoms with Gasteiger partial charge in [0.25, 0.3) is 0 Å². The summed E-state index contributed by atoms with van der Waals surface area (Å²) in [5, 5.41) is 0. The summed E-state index contributed by atoms with van der Waals surface area (Å²) in [6.45, 7) is 9.36. The monoisotopic (exact) mass is 203 g/mol. The average Bonchev–Trinajstić information content (AvgIpc) is 2.12. The summed E-state index contributed by atoms with van der Waals surface area (Å²) >= 11 is 0. The van der Waals surface area contributed by atoms with Crippen LogP contribution in [0.1, 0.15) is 27.2 Å². The van der Waals surface area contributed by atoms with Crippen LogP contribution in [0.25, 0.3) is 0 Å². The molecule has 0 aliphatic heterocycles. The van der Waals surface area contributed by atoms with Crippen LogP contribution in [0.2, 0.25) is 0 Å². The summed E-state index contributed by atoms with van der Waals surface area (Å²) < 4.78 is 10.2. The molecule has 1 unspecified atom stereocenters. The van der Waals surface area contributed by atoms with E-state index in [9.17, 15) is 0 Å². The van der Waals surface area contributed by atoms with Gasteiger partial charge in [0.05, 0.1) is 6.61 Å². The SMILES string of the molecule is COCCCN(C(C)C)C(C)COC. The number of ether oxygens (including phenoxy) is 2. The number of nitrogens with zero attached hydrogens (tertiary/aromatic N) is 1. The van der Waals surface area contributed by atoms with Gasteiger partial charge in [0, 0.05) is 39.5 Å². The molecular formula is C11H25NO2. The lowest BCUT2D eigenvalue weighted by molar-refractivity contribution is 0.0709. The van der Waals surface area contributed by atoms with Gasteiger partial charge in [-0.3, -0.25) is 4.90 Å². The second-order valence-electron chi connectivity index (χ2n) is 3.98. The molecule has 0 aliphatic rings. The molecule has 86 valence electrons. The molecule has 0 aromatic rings. The fourth-order valence-electron chi connectivity index (χ4n) is 1.72. The molecule has 14 heavy (non-hydrogen) atoms. The van der Waals surface area contributed by atoms with Gasteiger partial charge in [-0.05, 0) is 27.2 Å². The molecule has 0 amide bonds. The number of hydrogen-bond donors (Lipinski definition) is 0. The third-order valence-corrected chi connectivity index (χ3v) is 2.40. The average molecular weight is 203 g/mol. The molecule has 0 saturated heterocycles. The molecular weight excluding hydrogens is 178 g/mol. The summed E-state index contributed by atoms with van der Waals surface area (Å²) in [4.78, 5) is 2.45. The smallest absolute Gasteiger partial charge is 0.0615 e. The van der Waals surface area contributed by atoms with Crippen molar-refractivity contribution in [1.82, 2.24) is 4.90 Å². The maximum absolute atomic E-state index is 5.17. The van der Waals surface area contributed by atoms with E-state index in [1.54, 1.807) is 14.2 Å². The lowest BCUT2D eigenvalue weighted by Gasteiger charge is -2.32.